The molecule has 1 spiro atoms. The van der Waals surface area contributed by atoms with Gasteiger partial charge in [-0.1, -0.05) is 65.7 Å². The van der Waals surface area contributed by atoms with E-state index in [-0.39, 0.29) is 36.4 Å². The Balaban J connectivity index is 1.83. The molecule has 0 saturated carbocycles. The van der Waals surface area contributed by atoms with E-state index in [1.807, 2.05) is 13.8 Å². The topological polar surface area (TPSA) is 96.4 Å². The average molecular weight is 610 g/mol. The van der Waals surface area contributed by atoms with E-state index in [0.29, 0.717) is 23.6 Å². The molecule has 8 nitrogen and oxygen atoms in total. The van der Waals surface area contributed by atoms with Crippen molar-refractivity contribution in [1.29, 1.82) is 0 Å². The first-order chi connectivity index (χ1) is 18.1. The monoisotopic (exact) mass is 608 g/mol. The van der Waals surface area contributed by atoms with Gasteiger partial charge in [-0.3, -0.25) is 14.4 Å². The van der Waals surface area contributed by atoms with Crippen LogP contribution in [0.4, 0.5) is 5.69 Å². The summed E-state index contributed by atoms with van der Waals surface area (Å²) in [5.74, 6) is -3.30. The minimum atomic E-state index is -1.28. The van der Waals surface area contributed by atoms with E-state index >= 15 is 0 Å². The third-order valence-corrected chi connectivity index (χ3v) is 9.00. The van der Waals surface area contributed by atoms with Gasteiger partial charge in [-0.25, -0.2) is 0 Å². The molecule has 1 aromatic rings. The number of aliphatic hydroxyl groups is 1. The molecule has 3 unspecified atom stereocenters. The standard InChI is InChI=1S/C28H34BrClN2O6/c1-5-7-13-37-27(36)21-22-25(34)32(20(15-33)16(3)4)24(28(22)14-17(29)23(21)38-28)26(35)31(12-6-2)19-11-9-8-10-18(19)30/h5-6,8-11,16-17,20-24,33H,1-2,7,12-15H2,3-4H3/t17?,20-,21+,22-,23+,24?,28?/m0/s1. The Morgan fingerprint density at radius 1 is 1.34 bits per heavy atom. The Morgan fingerprint density at radius 3 is 2.66 bits per heavy atom. The largest absolute Gasteiger partial charge is 0.465 e. The number of nitrogens with zero attached hydrogens (tertiary/aromatic N) is 2. The molecule has 2 bridgehead atoms. The highest BCUT2D eigenvalue weighted by Crippen LogP contribution is 2.61. The van der Waals surface area contributed by atoms with Crippen LogP contribution >= 0.6 is 27.5 Å². The van der Waals surface area contributed by atoms with Crippen molar-refractivity contribution in [2.75, 3.05) is 24.7 Å². The molecule has 3 fully saturated rings. The zero-order valence-corrected chi connectivity index (χ0v) is 23.9. The van der Waals surface area contributed by atoms with Gasteiger partial charge in [0.25, 0.3) is 5.91 Å². The van der Waals surface area contributed by atoms with Crippen LogP contribution < -0.4 is 4.90 Å². The minimum Gasteiger partial charge on any atom is -0.465 e. The van der Waals surface area contributed by atoms with E-state index in [4.69, 9.17) is 21.1 Å². The van der Waals surface area contributed by atoms with Crippen LogP contribution in [0, 0.1) is 17.8 Å². The molecule has 10 heteroatoms. The number of carbonyl (C=O) groups excluding carboxylic acids is 3. The molecule has 1 N–H and O–H groups in total. The summed E-state index contributed by atoms with van der Waals surface area (Å²) in [6.45, 7) is 11.2. The summed E-state index contributed by atoms with van der Waals surface area (Å²) < 4.78 is 12.0. The molecule has 3 aliphatic rings. The van der Waals surface area contributed by atoms with Gasteiger partial charge in [-0.15, -0.1) is 13.2 Å². The van der Waals surface area contributed by atoms with Gasteiger partial charge in [0, 0.05) is 11.4 Å². The van der Waals surface area contributed by atoms with Gasteiger partial charge in [-0.05, 0) is 30.9 Å². The number of benzene rings is 1. The summed E-state index contributed by atoms with van der Waals surface area (Å²) in [4.78, 5) is 44.7. The summed E-state index contributed by atoms with van der Waals surface area (Å²) in [6.07, 6.45) is 3.43. The Morgan fingerprint density at radius 2 is 2.05 bits per heavy atom. The molecule has 0 radical (unpaired) electrons. The first-order valence-corrected chi connectivity index (χ1v) is 14.1. The summed E-state index contributed by atoms with van der Waals surface area (Å²) in [7, 11) is 0. The highest BCUT2D eigenvalue weighted by atomic mass is 79.9. The van der Waals surface area contributed by atoms with Gasteiger partial charge < -0.3 is 24.4 Å². The Kier molecular flexibility index (Phi) is 8.71. The maximum absolute atomic E-state index is 14.5. The van der Waals surface area contributed by atoms with Gasteiger partial charge in [0.05, 0.1) is 47.9 Å². The molecule has 0 aromatic heterocycles. The number of aliphatic hydroxyl groups excluding tert-OH is 1. The quantitative estimate of drug-likeness (QED) is 0.178. The van der Waals surface area contributed by atoms with Crippen LogP contribution in [0.1, 0.15) is 26.7 Å². The van der Waals surface area contributed by atoms with Crippen LogP contribution in [0.5, 0.6) is 0 Å². The number of hydrogen-bond donors (Lipinski definition) is 1. The van der Waals surface area contributed by atoms with Gasteiger partial charge >= 0.3 is 5.97 Å². The molecular weight excluding hydrogens is 576 g/mol. The summed E-state index contributed by atoms with van der Waals surface area (Å²) in [5, 5.41) is 10.7. The lowest BCUT2D eigenvalue weighted by Crippen LogP contribution is -2.60. The first kappa shape index (κ1) is 28.8. The zero-order valence-electron chi connectivity index (χ0n) is 21.6. The molecular formula is C28H34BrClN2O6. The van der Waals surface area contributed by atoms with Gasteiger partial charge in [0.2, 0.25) is 5.91 Å². The minimum absolute atomic E-state index is 0.140. The number of esters is 1. The second kappa shape index (κ2) is 11.5. The van der Waals surface area contributed by atoms with Crippen molar-refractivity contribution in [2.24, 2.45) is 17.8 Å². The van der Waals surface area contributed by atoms with Gasteiger partial charge in [-0.2, -0.15) is 0 Å². The van der Waals surface area contributed by atoms with Crippen LogP contribution in [0.2, 0.25) is 5.02 Å². The molecule has 0 aliphatic carbocycles. The lowest BCUT2D eigenvalue weighted by atomic mass is 9.70. The van der Waals surface area contributed by atoms with Crippen molar-refractivity contribution in [3.63, 3.8) is 0 Å². The summed E-state index contributed by atoms with van der Waals surface area (Å²) in [6, 6.07) is 5.20. The molecule has 7 atom stereocenters. The van der Waals surface area contributed by atoms with Crippen LogP contribution in [-0.2, 0) is 23.9 Å². The van der Waals surface area contributed by atoms with Crippen molar-refractivity contribution < 1.29 is 29.0 Å². The second-order valence-corrected chi connectivity index (χ2v) is 11.9. The number of anilines is 1. The van der Waals surface area contributed by atoms with E-state index in [1.54, 1.807) is 36.4 Å². The van der Waals surface area contributed by atoms with Crippen LogP contribution in [0.15, 0.2) is 49.6 Å². The van der Waals surface area contributed by atoms with Crippen molar-refractivity contribution in [1.82, 2.24) is 4.90 Å². The fourth-order valence-electron chi connectivity index (χ4n) is 6.19. The highest BCUT2D eigenvalue weighted by Gasteiger charge is 2.77. The number of rotatable bonds is 11. The normalized spacial score (nSPS) is 30.3. The fraction of sp³-hybridized carbons (Fsp3) is 0.536. The van der Waals surface area contributed by atoms with Gasteiger partial charge in [0.15, 0.2) is 0 Å². The number of halogens is 2. The molecule has 3 heterocycles. The Labute approximate surface area is 236 Å². The fourth-order valence-corrected chi connectivity index (χ4v) is 7.37. The lowest BCUT2D eigenvalue weighted by Gasteiger charge is -2.40. The Bertz CT molecular complexity index is 1110. The zero-order chi connectivity index (χ0) is 27.8. The molecule has 38 heavy (non-hydrogen) atoms. The summed E-state index contributed by atoms with van der Waals surface area (Å²) >= 11 is 10.1. The molecule has 4 rings (SSSR count). The molecule has 3 aliphatic heterocycles. The number of amides is 2. The maximum Gasteiger partial charge on any atom is 0.312 e. The van der Waals surface area contributed by atoms with Crippen LogP contribution in [0.3, 0.4) is 0 Å². The van der Waals surface area contributed by atoms with Crippen LogP contribution in [-0.4, -0.2) is 76.2 Å². The number of fused-ring (bicyclic) bond motifs is 1. The van der Waals surface area contributed by atoms with Crippen molar-refractivity contribution >= 4 is 51.0 Å². The van der Waals surface area contributed by atoms with Crippen molar-refractivity contribution in [2.45, 2.75) is 55.3 Å². The predicted octanol–water partition coefficient (Wildman–Crippen LogP) is 3.74. The predicted molar refractivity (Wildman–Crippen MR) is 148 cm³/mol. The third-order valence-electron chi connectivity index (χ3n) is 7.83. The Hall–Kier alpha value is -2.20. The number of ether oxygens (including phenoxy) is 2. The van der Waals surface area contributed by atoms with Crippen molar-refractivity contribution in [3.8, 4) is 0 Å². The molecule has 3 saturated heterocycles. The molecule has 2 amide bonds. The lowest BCUT2D eigenvalue weighted by molar-refractivity contribution is -0.155. The maximum atomic E-state index is 14.5. The number of carbonyl (C=O) groups is 3. The van der Waals surface area contributed by atoms with E-state index in [9.17, 15) is 19.5 Å². The van der Waals surface area contributed by atoms with E-state index in [1.165, 1.54) is 9.80 Å². The second-order valence-electron chi connectivity index (χ2n) is 10.3. The molecule has 206 valence electrons. The SMILES string of the molecule is C=CCCOC(=O)[C@H]1[C@@H]2OC3(CC2Br)C(C(=O)N(CC=C)c2ccccc2Cl)N([C@@H](CO)C(C)C)C(=O)[C@H]13. The molecule has 1 aromatic carbocycles. The van der Waals surface area contributed by atoms with Gasteiger partial charge in [0.1, 0.15) is 11.6 Å². The highest BCUT2D eigenvalue weighted by molar-refractivity contribution is 9.09. The van der Waals surface area contributed by atoms with E-state index in [2.05, 4.69) is 29.1 Å². The number of alkyl halides is 1. The number of hydrogen-bond acceptors (Lipinski definition) is 6. The smallest absolute Gasteiger partial charge is 0.312 e. The first-order valence-electron chi connectivity index (χ1n) is 12.8. The van der Waals surface area contributed by atoms with Crippen LogP contribution in [0.25, 0.3) is 0 Å². The van der Waals surface area contributed by atoms with E-state index < -0.39 is 47.5 Å². The van der Waals surface area contributed by atoms with E-state index in [0.717, 1.165) is 0 Å². The summed E-state index contributed by atoms with van der Waals surface area (Å²) in [5.41, 5.74) is -0.808. The third kappa shape index (κ3) is 4.61. The number of likely N-dealkylation sites (tertiary alicyclic amines) is 1. The van der Waals surface area contributed by atoms with Crippen molar-refractivity contribution in [3.05, 3.63) is 54.6 Å². The number of para-hydroxylation sites is 1. The average Bonchev–Trinajstić information content (AvgIpc) is 3.47.